The Hall–Kier alpha value is -1.71. The molecule has 1 amide bonds. The number of anilines is 1. The van der Waals surface area contributed by atoms with Gasteiger partial charge in [0.1, 0.15) is 5.75 Å². The number of carbonyl (C=O) groups excluding carboxylic acids is 1. The fourth-order valence-electron chi connectivity index (χ4n) is 2.65. The summed E-state index contributed by atoms with van der Waals surface area (Å²) >= 11 is 0. The van der Waals surface area contributed by atoms with Crippen LogP contribution in [0.2, 0.25) is 0 Å². The summed E-state index contributed by atoms with van der Waals surface area (Å²) in [4.78, 5) is 10.6. The molecule has 0 unspecified atom stereocenters. The number of amides is 1. The number of nitrogens with one attached hydrogen (secondary N) is 1. The second-order valence-corrected chi connectivity index (χ2v) is 5.52. The first-order chi connectivity index (χ1) is 9.74. The van der Waals surface area contributed by atoms with E-state index in [0.29, 0.717) is 5.75 Å². The number of primary amides is 1. The fourth-order valence-corrected chi connectivity index (χ4v) is 2.65. The Morgan fingerprint density at radius 2 is 1.80 bits per heavy atom. The molecule has 2 rings (SSSR count). The van der Waals surface area contributed by atoms with E-state index in [1.807, 2.05) is 24.3 Å². The molecule has 0 aromatic heterocycles. The first-order valence-corrected chi connectivity index (χ1v) is 7.49. The van der Waals surface area contributed by atoms with Gasteiger partial charge in [-0.2, -0.15) is 0 Å². The molecule has 1 aliphatic carbocycles. The third-order valence-electron chi connectivity index (χ3n) is 3.81. The lowest BCUT2D eigenvalue weighted by Crippen LogP contribution is -2.20. The van der Waals surface area contributed by atoms with Crippen LogP contribution in [0.1, 0.15) is 38.5 Å². The molecular formula is C16H24N2O2. The smallest absolute Gasteiger partial charge is 0.255 e. The summed E-state index contributed by atoms with van der Waals surface area (Å²) in [5, 5.41) is 3.49. The molecule has 4 nitrogen and oxygen atoms in total. The SMILES string of the molecule is NC(=O)COc1ccc(NCC2CCCCCC2)cc1. The van der Waals surface area contributed by atoms with Crippen molar-refractivity contribution >= 4 is 11.6 Å². The lowest BCUT2D eigenvalue weighted by atomic mass is 10.0. The predicted octanol–water partition coefficient (Wildman–Crippen LogP) is 2.93. The van der Waals surface area contributed by atoms with E-state index >= 15 is 0 Å². The van der Waals surface area contributed by atoms with Crippen molar-refractivity contribution in [2.45, 2.75) is 38.5 Å². The molecule has 0 atom stereocenters. The highest BCUT2D eigenvalue weighted by atomic mass is 16.5. The van der Waals surface area contributed by atoms with Crippen LogP contribution >= 0.6 is 0 Å². The molecule has 0 aliphatic heterocycles. The third-order valence-corrected chi connectivity index (χ3v) is 3.81. The second kappa shape index (κ2) is 7.78. The van der Waals surface area contributed by atoms with Crippen molar-refractivity contribution in [3.05, 3.63) is 24.3 Å². The van der Waals surface area contributed by atoms with Crippen LogP contribution in [-0.4, -0.2) is 19.1 Å². The molecular weight excluding hydrogens is 252 g/mol. The van der Waals surface area contributed by atoms with Gasteiger partial charge in [-0.15, -0.1) is 0 Å². The van der Waals surface area contributed by atoms with E-state index in [0.717, 1.165) is 18.2 Å². The lowest BCUT2D eigenvalue weighted by molar-refractivity contribution is -0.119. The number of hydrogen-bond acceptors (Lipinski definition) is 3. The minimum absolute atomic E-state index is 0.0746. The Kier molecular flexibility index (Phi) is 5.71. The zero-order valence-corrected chi connectivity index (χ0v) is 11.9. The Morgan fingerprint density at radius 1 is 1.15 bits per heavy atom. The van der Waals surface area contributed by atoms with Gasteiger partial charge in [-0.1, -0.05) is 25.7 Å². The van der Waals surface area contributed by atoms with Gasteiger partial charge >= 0.3 is 0 Å². The first-order valence-electron chi connectivity index (χ1n) is 7.49. The second-order valence-electron chi connectivity index (χ2n) is 5.52. The highest BCUT2D eigenvalue weighted by Gasteiger charge is 2.11. The minimum atomic E-state index is -0.458. The summed E-state index contributed by atoms with van der Waals surface area (Å²) in [5.41, 5.74) is 6.13. The van der Waals surface area contributed by atoms with Crippen molar-refractivity contribution in [1.82, 2.24) is 0 Å². The molecule has 20 heavy (non-hydrogen) atoms. The Balaban J connectivity index is 1.76. The van der Waals surface area contributed by atoms with Gasteiger partial charge in [-0.25, -0.2) is 0 Å². The lowest BCUT2D eigenvalue weighted by Gasteiger charge is -2.16. The van der Waals surface area contributed by atoms with E-state index < -0.39 is 5.91 Å². The average Bonchev–Trinajstić information content (AvgIpc) is 2.72. The van der Waals surface area contributed by atoms with Gasteiger partial charge in [0, 0.05) is 12.2 Å². The normalized spacial score (nSPS) is 16.4. The van der Waals surface area contributed by atoms with E-state index in [9.17, 15) is 4.79 Å². The summed E-state index contributed by atoms with van der Waals surface area (Å²) in [5.74, 6) is 1.01. The van der Waals surface area contributed by atoms with Crippen molar-refractivity contribution in [1.29, 1.82) is 0 Å². The van der Waals surface area contributed by atoms with Crippen molar-refractivity contribution in [2.75, 3.05) is 18.5 Å². The summed E-state index contributed by atoms with van der Waals surface area (Å²) in [6.45, 7) is 0.969. The molecule has 3 N–H and O–H groups in total. The molecule has 0 saturated heterocycles. The molecule has 1 aromatic carbocycles. The number of rotatable bonds is 6. The highest BCUT2D eigenvalue weighted by molar-refractivity contribution is 5.75. The molecule has 1 aliphatic rings. The van der Waals surface area contributed by atoms with Crippen LogP contribution in [0.25, 0.3) is 0 Å². The van der Waals surface area contributed by atoms with Gasteiger partial charge in [0.25, 0.3) is 5.91 Å². The van der Waals surface area contributed by atoms with Crippen molar-refractivity contribution in [2.24, 2.45) is 11.7 Å². The number of benzene rings is 1. The van der Waals surface area contributed by atoms with E-state index in [2.05, 4.69) is 5.32 Å². The molecule has 0 heterocycles. The highest BCUT2D eigenvalue weighted by Crippen LogP contribution is 2.23. The number of hydrogen-bond donors (Lipinski definition) is 2. The van der Waals surface area contributed by atoms with Crippen molar-refractivity contribution in [3.63, 3.8) is 0 Å². The Bertz CT molecular complexity index is 409. The molecule has 0 bridgehead atoms. The third kappa shape index (κ3) is 5.11. The summed E-state index contributed by atoms with van der Waals surface area (Å²) < 4.78 is 5.23. The first kappa shape index (κ1) is 14.7. The summed E-state index contributed by atoms with van der Waals surface area (Å²) in [6, 6.07) is 7.68. The average molecular weight is 276 g/mol. The molecule has 1 aromatic rings. The summed E-state index contributed by atoms with van der Waals surface area (Å²) in [7, 11) is 0. The molecule has 4 heteroatoms. The van der Waals surface area contributed by atoms with Crippen LogP contribution in [0.4, 0.5) is 5.69 Å². The Morgan fingerprint density at radius 3 is 2.40 bits per heavy atom. The fraction of sp³-hybridized carbons (Fsp3) is 0.562. The monoisotopic (exact) mass is 276 g/mol. The molecule has 110 valence electrons. The maximum absolute atomic E-state index is 10.6. The van der Waals surface area contributed by atoms with E-state index in [-0.39, 0.29) is 6.61 Å². The van der Waals surface area contributed by atoms with Crippen molar-refractivity contribution in [3.8, 4) is 5.75 Å². The van der Waals surface area contributed by atoms with E-state index in [1.54, 1.807) is 0 Å². The van der Waals surface area contributed by atoms with Gasteiger partial charge < -0.3 is 15.8 Å². The van der Waals surface area contributed by atoms with Gasteiger partial charge in [-0.3, -0.25) is 4.79 Å². The van der Waals surface area contributed by atoms with Crippen LogP contribution in [-0.2, 0) is 4.79 Å². The number of nitrogens with two attached hydrogens (primary N) is 1. The molecule has 0 radical (unpaired) electrons. The minimum Gasteiger partial charge on any atom is -0.484 e. The molecule has 1 fully saturated rings. The standard InChI is InChI=1S/C16H24N2O2/c17-16(19)12-20-15-9-7-14(8-10-15)18-11-13-5-3-1-2-4-6-13/h7-10,13,18H,1-6,11-12H2,(H2,17,19). The molecule has 1 saturated carbocycles. The maximum Gasteiger partial charge on any atom is 0.255 e. The zero-order chi connectivity index (χ0) is 14.2. The largest absolute Gasteiger partial charge is 0.484 e. The topological polar surface area (TPSA) is 64.4 Å². The van der Waals surface area contributed by atoms with Gasteiger partial charge in [0.15, 0.2) is 6.61 Å². The number of carbonyl (C=O) groups is 1. The van der Waals surface area contributed by atoms with Gasteiger partial charge in [0.2, 0.25) is 0 Å². The predicted molar refractivity (Wildman–Crippen MR) is 80.8 cm³/mol. The van der Waals surface area contributed by atoms with Crippen LogP contribution in [0, 0.1) is 5.92 Å². The molecule has 0 spiro atoms. The van der Waals surface area contributed by atoms with Crippen LogP contribution < -0.4 is 15.8 Å². The van der Waals surface area contributed by atoms with Gasteiger partial charge in [-0.05, 0) is 43.0 Å². The van der Waals surface area contributed by atoms with Crippen LogP contribution in [0.3, 0.4) is 0 Å². The Labute approximate surface area is 120 Å². The maximum atomic E-state index is 10.6. The number of ether oxygens (including phenoxy) is 1. The zero-order valence-electron chi connectivity index (χ0n) is 11.9. The van der Waals surface area contributed by atoms with E-state index in [4.69, 9.17) is 10.5 Å². The summed E-state index contributed by atoms with van der Waals surface area (Å²) in [6.07, 6.45) is 8.20. The van der Waals surface area contributed by atoms with Crippen LogP contribution in [0.5, 0.6) is 5.75 Å². The van der Waals surface area contributed by atoms with Crippen LogP contribution in [0.15, 0.2) is 24.3 Å². The van der Waals surface area contributed by atoms with E-state index in [1.165, 1.54) is 38.5 Å². The quantitative estimate of drug-likeness (QED) is 0.785. The van der Waals surface area contributed by atoms with Crippen molar-refractivity contribution < 1.29 is 9.53 Å². The van der Waals surface area contributed by atoms with Gasteiger partial charge in [0.05, 0.1) is 0 Å².